The zero-order valence-corrected chi connectivity index (χ0v) is 26.6. The summed E-state index contributed by atoms with van der Waals surface area (Å²) in [5.41, 5.74) is 6.85. The molecule has 1 nitrogen and oxygen atoms in total. The van der Waals surface area contributed by atoms with Gasteiger partial charge in [0.2, 0.25) is 0 Å². The molecule has 0 N–H and O–H groups in total. The first-order valence-electron chi connectivity index (χ1n) is 16.4. The van der Waals surface area contributed by atoms with Gasteiger partial charge >= 0.3 is 0 Å². The van der Waals surface area contributed by atoms with Gasteiger partial charge in [0.15, 0.2) is 5.58 Å². The average molecular weight is 627 g/mol. The lowest BCUT2D eigenvalue weighted by Crippen LogP contribution is -1.91. The van der Waals surface area contributed by atoms with E-state index in [-0.39, 0.29) is 0 Å². The number of fused-ring (bicyclic) bond motifs is 11. The van der Waals surface area contributed by atoms with Crippen LogP contribution in [-0.2, 0) is 0 Å². The second-order valence-corrected chi connectivity index (χ2v) is 13.8. The molecular weight excluding hydrogens is 601 g/mol. The minimum absolute atomic E-state index is 0.920. The average Bonchev–Trinajstić information content (AvgIpc) is 3.70. The van der Waals surface area contributed by atoms with Crippen LogP contribution in [0.4, 0.5) is 0 Å². The quantitative estimate of drug-likeness (QED) is 0.174. The maximum absolute atomic E-state index is 6.83. The van der Waals surface area contributed by atoms with E-state index in [1.165, 1.54) is 85.3 Å². The van der Waals surface area contributed by atoms with Crippen molar-refractivity contribution in [2.24, 2.45) is 0 Å². The Morgan fingerprint density at radius 2 is 0.958 bits per heavy atom. The molecule has 0 spiro atoms. The lowest BCUT2D eigenvalue weighted by Gasteiger charge is -2.18. The van der Waals surface area contributed by atoms with Gasteiger partial charge in [-0.1, -0.05) is 127 Å². The Hall–Kier alpha value is -5.96. The Morgan fingerprint density at radius 3 is 1.71 bits per heavy atom. The Bertz CT molecular complexity index is 3060. The molecule has 0 saturated carbocycles. The van der Waals surface area contributed by atoms with Crippen molar-refractivity contribution >= 4 is 96.5 Å². The number of furan rings is 1. The maximum atomic E-state index is 6.83. The molecule has 0 bridgehead atoms. The van der Waals surface area contributed by atoms with Crippen LogP contribution < -0.4 is 0 Å². The molecule has 0 aliphatic heterocycles. The summed E-state index contributed by atoms with van der Waals surface area (Å²) in [6.07, 6.45) is 0. The molecule has 2 heteroatoms. The number of rotatable bonds is 2. The van der Waals surface area contributed by atoms with E-state index in [9.17, 15) is 0 Å². The summed E-state index contributed by atoms with van der Waals surface area (Å²) in [6.45, 7) is 0. The summed E-state index contributed by atoms with van der Waals surface area (Å²) in [4.78, 5) is 0. The van der Waals surface area contributed by atoms with E-state index in [2.05, 4.69) is 158 Å². The van der Waals surface area contributed by atoms with E-state index in [1.54, 1.807) is 0 Å². The molecule has 11 rings (SSSR count). The number of benzene rings is 9. The topological polar surface area (TPSA) is 13.1 Å². The highest BCUT2D eigenvalue weighted by molar-refractivity contribution is 7.26. The summed E-state index contributed by atoms with van der Waals surface area (Å²) in [7, 11) is 0. The largest absolute Gasteiger partial charge is 0.455 e. The second kappa shape index (κ2) is 9.78. The molecule has 2 heterocycles. The highest BCUT2D eigenvalue weighted by Crippen LogP contribution is 2.47. The first-order chi connectivity index (χ1) is 23.8. The summed E-state index contributed by atoms with van der Waals surface area (Å²) >= 11 is 1.83. The predicted molar refractivity (Wildman–Crippen MR) is 208 cm³/mol. The Morgan fingerprint density at radius 1 is 0.375 bits per heavy atom. The Balaban J connectivity index is 1.18. The molecular formula is C46H26OS. The van der Waals surface area contributed by atoms with Crippen molar-refractivity contribution in [3.05, 3.63) is 158 Å². The fourth-order valence-corrected chi connectivity index (χ4v) is 9.30. The van der Waals surface area contributed by atoms with Gasteiger partial charge in [-0.25, -0.2) is 0 Å². The molecule has 9 aromatic carbocycles. The van der Waals surface area contributed by atoms with Crippen LogP contribution in [0.5, 0.6) is 0 Å². The fourth-order valence-electron chi connectivity index (χ4n) is 8.08. The van der Waals surface area contributed by atoms with Crippen molar-refractivity contribution in [2.75, 3.05) is 0 Å². The Labute approximate surface area is 279 Å². The summed E-state index contributed by atoms with van der Waals surface area (Å²) in [5.74, 6) is 0. The highest BCUT2D eigenvalue weighted by Gasteiger charge is 2.20. The number of thiophene rings is 1. The molecule has 0 atom stereocenters. The van der Waals surface area contributed by atoms with Gasteiger partial charge in [0, 0.05) is 26.2 Å². The second-order valence-electron chi connectivity index (χ2n) is 12.8. The van der Waals surface area contributed by atoms with Crippen molar-refractivity contribution in [3.63, 3.8) is 0 Å². The number of hydrogen-bond acceptors (Lipinski definition) is 2. The van der Waals surface area contributed by atoms with Crippen LogP contribution in [0.1, 0.15) is 0 Å². The van der Waals surface area contributed by atoms with Gasteiger partial charge < -0.3 is 4.42 Å². The van der Waals surface area contributed by atoms with Crippen molar-refractivity contribution < 1.29 is 4.42 Å². The molecule has 0 radical (unpaired) electrons. The summed E-state index contributed by atoms with van der Waals surface area (Å²) in [5, 5.41) is 14.9. The summed E-state index contributed by atoms with van der Waals surface area (Å²) < 4.78 is 9.34. The molecule has 0 unspecified atom stereocenters. The minimum Gasteiger partial charge on any atom is -0.455 e. The summed E-state index contributed by atoms with van der Waals surface area (Å²) in [6, 6.07) is 57.7. The standard InChI is InChI=1S/C46H26OS/c1-2-12-29-26-42-40(24-28(29)11-1)39-23-22-38-32-21-20-30(25-41(32)47-45(38)46(39)48-42)43-34-15-5-7-17-36(34)44(37-18-8-6-16-35(37)43)33-19-9-13-27-10-3-4-14-31(27)33/h1-26H. The smallest absolute Gasteiger partial charge is 0.153 e. The molecule has 0 aliphatic carbocycles. The number of hydrogen-bond donors (Lipinski definition) is 0. The van der Waals surface area contributed by atoms with Crippen LogP contribution in [0, 0.1) is 0 Å². The fraction of sp³-hybridized carbons (Fsp3) is 0. The van der Waals surface area contributed by atoms with Gasteiger partial charge in [-0.3, -0.25) is 0 Å². The first-order valence-corrected chi connectivity index (χ1v) is 17.2. The molecule has 11 aromatic rings. The normalized spacial score (nSPS) is 12.2. The zero-order chi connectivity index (χ0) is 31.3. The predicted octanol–water partition coefficient (Wildman–Crippen LogP) is 13.9. The van der Waals surface area contributed by atoms with Crippen LogP contribution in [0.15, 0.2) is 162 Å². The monoisotopic (exact) mass is 626 g/mol. The van der Waals surface area contributed by atoms with E-state index in [0.29, 0.717) is 0 Å². The van der Waals surface area contributed by atoms with Gasteiger partial charge in [-0.2, -0.15) is 0 Å². The maximum Gasteiger partial charge on any atom is 0.153 e. The van der Waals surface area contributed by atoms with Gasteiger partial charge in [-0.15, -0.1) is 11.3 Å². The van der Waals surface area contributed by atoms with Crippen LogP contribution in [0.2, 0.25) is 0 Å². The van der Waals surface area contributed by atoms with Crippen LogP contribution in [-0.4, -0.2) is 0 Å². The molecule has 2 aromatic heterocycles. The molecule has 0 fully saturated rings. The van der Waals surface area contributed by atoms with Gasteiger partial charge in [0.1, 0.15) is 5.58 Å². The zero-order valence-electron chi connectivity index (χ0n) is 25.8. The minimum atomic E-state index is 0.920. The first kappa shape index (κ1) is 26.1. The molecule has 222 valence electrons. The Kier molecular flexibility index (Phi) is 5.32. The van der Waals surface area contributed by atoms with Gasteiger partial charge in [0.05, 0.1) is 4.70 Å². The van der Waals surface area contributed by atoms with Crippen LogP contribution in [0.3, 0.4) is 0 Å². The highest BCUT2D eigenvalue weighted by atomic mass is 32.1. The third-order valence-corrected chi connectivity index (χ3v) is 11.4. The molecule has 48 heavy (non-hydrogen) atoms. The van der Waals surface area contributed by atoms with Gasteiger partial charge in [-0.05, 0) is 95.7 Å². The van der Waals surface area contributed by atoms with Crippen molar-refractivity contribution in [1.29, 1.82) is 0 Å². The third-order valence-electron chi connectivity index (χ3n) is 10.2. The van der Waals surface area contributed by atoms with Crippen LogP contribution in [0.25, 0.3) is 107 Å². The molecule has 0 saturated heterocycles. The molecule has 0 amide bonds. The lowest BCUT2D eigenvalue weighted by molar-refractivity contribution is 0.673. The van der Waals surface area contributed by atoms with Crippen LogP contribution >= 0.6 is 11.3 Å². The van der Waals surface area contributed by atoms with E-state index >= 15 is 0 Å². The SMILES string of the molecule is c1ccc2cc3c(cc2c1)sc1c3ccc2c3ccc(-c4c5ccccc5c(-c5cccc6ccccc56)c5ccccc45)cc3oc21. The van der Waals surface area contributed by atoms with Crippen molar-refractivity contribution in [3.8, 4) is 22.3 Å². The molecule has 0 aliphatic rings. The van der Waals surface area contributed by atoms with Crippen molar-refractivity contribution in [2.45, 2.75) is 0 Å². The third kappa shape index (κ3) is 3.61. The van der Waals surface area contributed by atoms with E-state index in [4.69, 9.17) is 4.42 Å². The van der Waals surface area contributed by atoms with E-state index < -0.39 is 0 Å². The lowest BCUT2D eigenvalue weighted by atomic mass is 9.84. The van der Waals surface area contributed by atoms with Gasteiger partial charge in [0.25, 0.3) is 0 Å². The van der Waals surface area contributed by atoms with Crippen molar-refractivity contribution in [1.82, 2.24) is 0 Å². The van der Waals surface area contributed by atoms with E-state index in [1.807, 2.05) is 11.3 Å². The van der Waals surface area contributed by atoms with E-state index in [0.717, 1.165) is 22.1 Å².